The maximum atomic E-state index is 7.50. The van der Waals surface area contributed by atoms with E-state index in [0.29, 0.717) is 5.84 Å². The van der Waals surface area contributed by atoms with Crippen LogP contribution in [0.5, 0.6) is 0 Å². The first-order valence-electron chi connectivity index (χ1n) is 5.45. The molecule has 3 N–H and O–H groups in total. The van der Waals surface area contributed by atoms with Gasteiger partial charge in [0, 0.05) is 23.9 Å². The second-order valence-corrected chi connectivity index (χ2v) is 6.04. The zero-order valence-electron chi connectivity index (χ0n) is 9.08. The average Bonchev–Trinajstić information content (AvgIpc) is 2.64. The minimum Gasteiger partial charge on any atom is -0.387 e. The summed E-state index contributed by atoms with van der Waals surface area (Å²) in [6.07, 6.45) is 2.18. The molecule has 0 aromatic carbocycles. The molecule has 1 atom stereocenters. The fourth-order valence-electron chi connectivity index (χ4n) is 2.11. The number of rotatable bonds is 3. The number of thiophene rings is 1. The van der Waals surface area contributed by atoms with E-state index in [2.05, 4.69) is 11.0 Å². The predicted molar refractivity (Wildman–Crippen MR) is 69.2 cm³/mol. The van der Waals surface area contributed by atoms with Crippen LogP contribution < -0.4 is 5.73 Å². The van der Waals surface area contributed by atoms with Gasteiger partial charge in [0.25, 0.3) is 0 Å². The van der Waals surface area contributed by atoms with Crippen LogP contribution >= 0.6 is 22.9 Å². The highest BCUT2D eigenvalue weighted by molar-refractivity contribution is 7.16. The summed E-state index contributed by atoms with van der Waals surface area (Å²) in [7, 11) is 0. The number of nitrogens with zero attached hydrogens (tertiary/aromatic N) is 1. The zero-order valence-corrected chi connectivity index (χ0v) is 10.7. The second kappa shape index (κ2) is 5.17. The summed E-state index contributed by atoms with van der Waals surface area (Å²) in [5, 5.41) is 7.50. The molecule has 0 aliphatic carbocycles. The highest BCUT2D eigenvalue weighted by Crippen LogP contribution is 2.25. The van der Waals surface area contributed by atoms with Crippen molar-refractivity contribution in [3.8, 4) is 0 Å². The van der Waals surface area contributed by atoms with Crippen molar-refractivity contribution in [2.75, 3.05) is 13.1 Å². The molecule has 1 aliphatic heterocycles. The predicted octanol–water partition coefficient (Wildman–Crippen LogP) is 2.55. The van der Waals surface area contributed by atoms with Gasteiger partial charge in [0.2, 0.25) is 0 Å². The molecule has 1 fully saturated rings. The lowest BCUT2D eigenvalue weighted by molar-refractivity contribution is 0.197. The summed E-state index contributed by atoms with van der Waals surface area (Å²) >= 11 is 7.53. The first-order valence-corrected chi connectivity index (χ1v) is 6.65. The van der Waals surface area contributed by atoms with Gasteiger partial charge in [-0.25, -0.2) is 0 Å². The van der Waals surface area contributed by atoms with Crippen LogP contribution in [0.2, 0.25) is 4.34 Å². The van der Waals surface area contributed by atoms with Crippen LogP contribution in [-0.2, 0) is 6.54 Å². The van der Waals surface area contributed by atoms with Gasteiger partial charge < -0.3 is 5.73 Å². The van der Waals surface area contributed by atoms with Gasteiger partial charge >= 0.3 is 0 Å². The van der Waals surface area contributed by atoms with Crippen LogP contribution in [0.1, 0.15) is 17.7 Å². The molecule has 2 rings (SSSR count). The first-order chi connectivity index (χ1) is 7.65. The fourth-order valence-corrected chi connectivity index (χ4v) is 3.24. The monoisotopic (exact) mass is 257 g/mol. The number of nitrogens with two attached hydrogens (primary N) is 1. The summed E-state index contributed by atoms with van der Waals surface area (Å²) in [6.45, 7) is 2.94. The van der Waals surface area contributed by atoms with E-state index in [1.54, 1.807) is 11.3 Å². The van der Waals surface area contributed by atoms with Gasteiger partial charge in [-0.15, -0.1) is 11.3 Å². The van der Waals surface area contributed by atoms with E-state index >= 15 is 0 Å². The Labute approximate surface area is 105 Å². The van der Waals surface area contributed by atoms with Gasteiger partial charge in [-0.2, -0.15) is 0 Å². The Morgan fingerprint density at radius 3 is 3.06 bits per heavy atom. The number of piperidine rings is 1. The molecular formula is C11H16ClN3S. The van der Waals surface area contributed by atoms with E-state index in [4.69, 9.17) is 22.7 Å². The number of hydrogen-bond donors (Lipinski definition) is 2. The minimum absolute atomic E-state index is 0.240. The molecule has 0 spiro atoms. The molecule has 16 heavy (non-hydrogen) atoms. The Hall–Kier alpha value is -0.580. The summed E-state index contributed by atoms with van der Waals surface area (Å²) in [5.74, 6) is 0.568. The van der Waals surface area contributed by atoms with Gasteiger partial charge in [-0.1, -0.05) is 11.6 Å². The maximum Gasteiger partial charge on any atom is 0.0949 e. The van der Waals surface area contributed by atoms with Gasteiger partial charge in [-0.3, -0.25) is 10.3 Å². The van der Waals surface area contributed by atoms with Crippen molar-refractivity contribution in [1.29, 1.82) is 5.41 Å². The quantitative estimate of drug-likeness (QED) is 0.646. The van der Waals surface area contributed by atoms with Gasteiger partial charge in [0.05, 0.1) is 10.2 Å². The van der Waals surface area contributed by atoms with Crippen molar-refractivity contribution in [3.05, 3.63) is 21.3 Å². The molecule has 1 aliphatic rings. The third-order valence-corrected chi connectivity index (χ3v) is 4.17. The summed E-state index contributed by atoms with van der Waals surface area (Å²) < 4.78 is 0.843. The number of amidine groups is 1. The summed E-state index contributed by atoms with van der Waals surface area (Å²) in [4.78, 5) is 3.65. The molecule has 0 bridgehead atoms. The van der Waals surface area contributed by atoms with Crippen molar-refractivity contribution < 1.29 is 0 Å². The molecule has 0 radical (unpaired) electrons. The molecule has 0 amide bonds. The lowest BCUT2D eigenvalue weighted by atomic mass is 9.97. The number of halogens is 1. The van der Waals surface area contributed by atoms with Crippen molar-refractivity contribution in [2.45, 2.75) is 19.4 Å². The van der Waals surface area contributed by atoms with E-state index in [0.717, 1.165) is 36.8 Å². The van der Waals surface area contributed by atoms with Crippen molar-refractivity contribution in [1.82, 2.24) is 4.90 Å². The lowest BCUT2D eigenvalue weighted by Crippen LogP contribution is -2.40. The molecule has 1 saturated heterocycles. The number of hydrogen-bond acceptors (Lipinski definition) is 3. The van der Waals surface area contributed by atoms with E-state index < -0.39 is 0 Å². The standard InChI is InChI=1S/C11H16ClN3S/c12-10-4-3-9(16-10)7-15-5-1-2-8(6-15)11(13)14/h3-4,8H,1-2,5-7H2,(H3,13,14). The molecule has 2 heterocycles. The Morgan fingerprint density at radius 1 is 1.62 bits per heavy atom. The number of likely N-dealkylation sites (tertiary alicyclic amines) is 1. The number of nitrogens with one attached hydrogen (secondary N) is 1. The molecular weight excluding hydrogens is 242 g/mol. The maximum absolute atomic E-state index is 7.50. The Balaban J connectivity index is 1.92. The molecule has 3 nitrogen and oxygen atoms in total. The highest BCUT2D eigenvalue weighted by atomic mass is 35.5. The largest absolute Gasteiger partial charge is 0.387 e. The summed E-state index contributed by atoms with van der Waals surface area (Å²) in [5.41, 5.74) is 5.57. The fraction of sp³-hybridized carbons (Fsp3) is 0.545. The smallest absolute Gasteiger partial charge is 0.0949 e. The average molecular weight is 258 g/mol. The molecule has 1 aromatic heterocycles. The highest BCUT2D eigenvalue weighted by Gasteiger charge is 2.22. The van der Waals surface area contributed by atoms with Crippen LogP contribution in [-0.4, -0.2) is 23.8 Å². The molecule has 1 aromatic rings. The van der Waals surface area contributed by atoms with Crippen LogP contribution in [0, 0.1) is 11.3 Å². The minimum atomic E-state index is 0.240. The van der Waals surface area contributed by atoms with E-state index in [1.165, 1.54) is 4.88 Å². The Kier molecular flexibility index (Phi) is 3.84. The molecule has 88 valence electrons. The summed E-state index contributed by atoms with van der Waals surface area (Å²) in [6, 6.07) is 4.01. The molecule has 0 saturated carbocycles. The first kappa shape index (κ1) is 11.9. The third-order valence-electron chi connectivity index (χ3n) is 2.95. The Morgan fingerprint density at radius 2 is 2.44 bits per heavy atom. The van der Waals surface area contributed by atoms with Crippen molar-refractivity contribution >= 4 is 28.8 Å². The van der Waals surface area contributed by atoms with E-state index in [1.807, 2.05) is 6.07 Å². The lowest BCUT2D eigenvalue weighted by Gasteiger charge is -2.31. The van der Waals surface area contributed by atoms with Crippen LogP contribution in [0.3, 0.4) is 0 Å². The van der Waals surface area contributed by atoms with Gasteiger partial charge in [0.15, 0.2) is 0 Å². The van der Waals surface area contributed by atoms with Crippen molar-refractivity contribution in [2.24, 2.45) is 11.7 Å². The normalized spacial score (nSPS) is 22.2. The molecule has 1 unspecified atom stereocenters. The van der Waals surface area contributed by atoms with E-state index in [-0.39, 0.29) is 5.92 Å². The SMILES string of the molecule is N=C(N)C1CCCN(Cc2ccc(Cl)s2)C1. The van der Waals surface area contributed by atoms with Gasteiger partial charge in [0.1, 0.15) is 0 Å². The zero-order chi connectivity index (χ0) is 11.5. The van der Waals surface area contributed by atoms with Crippen molar-refractivity contribution in [3.63, 3.8) is 0 Å². The topological polar surface area (TPSA) is 53.1 Å². The van der Waals surface area contributed by atoms with Gasteiger partial charge in [-0.05, 0) is 31.5 Å². The Bertz CT molecular complexity index is 377. The van der Waals surface area contributed by atoms with Crippen LogP contribution in [0.25, 0.3) is 0 Å². The van der Waals surface area contributed by atoms with Crippen LogP contribution in [0.4, 0.5) is 0 Å². The second-order valence-electron chi connectivity index (χ2n) is 4.24. The molecule has 5 heteroatoms. The third kappa shape index (κ3) is 2.97. The van der Waals surface area contributed by atoms with E-state index in [9.17, 15) is 0 Å². The van der Waals surface area contributed by atoms with Crippen LogP contribution in [0.15, 0.2) is 12.1 Å².